The van der Waals surface area contributed by atoms with E-state index in [0.29, 0.717) is 29.5 Å². The number of pyridine rings is 1. The predicted molar refractivity (Wildman–Crippen MR) is 110 cm³/mol. The van der Waals surface area contributed by atoms with Gasteiger partial charge in [-0.05, 0) is 42.8 Å². The van der Waals surface area contributed by atoms with Crippen LogP contribution in [0.5, 0.6) is 17.4 Å². The van der Waals surface area contributed by atoms with Crippen LogP contribution in [-0.2, 0) is 13.2 Å². The van der Waals surface area contributed by atoms with E-state index in [9.17, 15) is 5.11 Å². The molecule has 1 aromatic heterocycles. The summed E-state index contributed by atoms with van der Waals surface area (Å²) < 4.78 is 11.9. The molecule has 0 amide bonds. The maximum Gasteiger partial charge on any atom is 0.222 e. The van der Waals surface area contributed by atoms with Crippen molar-refractivity contribution in [3.63, 3.8) is 0 Å². The second-order valence-corrected chi connectivity index (χ2v) is 6.61. The number of para-hydroxylation sites is 1. The molecule has 4 aromatic rings. The maximum absolute atomic E-state index is 9.75. The number of fused-ring (bicyclic) bond motifs is 1. The normalized spacial score (nSPS) is 10.8. The molecule has 28 heavy (non-hydrogen) atoms. The summed E-state index contributed by atoms with van der Waals surface area (Å²) in [7, 11) is 0. The Morgan fingerprint density at radius 1 is 0.893 bits per heavy atom. The van der Waals surface area contributed by atoms with Gasteiger partial charge in [0.15, 0.2) is 0 Å². The summed E-state index contributed by atoms with van der Waals surface area (Å²) in [6, 6.07) is 25.4. The molecule has 1 heterocycles. The van der Waals surface area contributed by atoms with E-state index in [1.165, 1.54) is 0 Å². The first kappa shape index (κ1) is 18.0. The summed E-state index contributed by atoms with van der Waals surface area (Å²) in [4.78, 5) is 4.61. The molecule has 0 spiro atoms. The van der Waals surface area contributed by atoms with Crippen molar-refractivity contribution in [1.82, 2.24) is 4.98 Å². The van der Waals surface area contributed by atoms with Crippen LogP contribution in [0.15, 0.2) is 78.9 Å². The Labute approximate surface area is 164 Å². The predicted octanol–water partition coefficient (Wildman–Crippen LogP) is 5.41. The van der Waals surface area contributed by atoms with Crippen LogP contribution in [0.4, 0.5) is 0 Å². The van der Waals surface area contributed by atoms with Crippen LogP contribution in [-0.4, -0.2) is 10.1 Å². The molecule has 0 atom stereocenters. The third-order valence-corrected chi connectivity index (χ3v) is 4.52. The Kier molecular flexibility index (Phi) is 5.22. The average molecular weight is 371 g/mol. The highest BCUT2D eigenvalue weighted by molar-refractivity contribution is 5.80. The van der Waals surface area contributed by atoms with Gasteiger partial charge in [-0.2, -0.15) is 0 Å². The molecular weight excluding hydrogens is 350 g/mol. The molecule has 0 unspecified atom stereocenters. The number of aromatic nitrogens is 1. The Hall–Kier alpha value is -3.37. The minimum atomic E-state index is -0.133. The number of rotatable bonds is 6. The summed E-state index contributed by atoms with van der Waals surface area (Å²) in [6.07, 6.45) is 0. The second-order valence-electron chi connectivity index (χ2n) is 6.61. The van der Waals surface area contributed by atoms with E-state index >= 15 is 0 Å². The van der Waals surface area contributed by atoms with E-state index in [1.807, 2.05) is 73.7 Å². The molecule has 0 saturated heterocycles. The Morgan fingerprint density at radius 2 is 1.68 bits per heavy atom. The fraction of sp³-hybridized carbons (Fsp3) is 0.125. The number of hydrogen-bond donors (Lipinski definition) is 1. The topological polar surface area (TPSA) is 51.6 Å². The zero-order chi connectivity index (χ0) is 19.3. The molecule has 0 aliphatic rings. The zero-order valence-electron chi connectivity index (χ0n) is 15.6. The Morgan fingerprint density at radius 3 is 2.50 bits per heavy atom. The molecule has 4 rings (SSSR count). The number of benzene rings is 3. The lowest BCUT2D eigenvalue weighted by molar-refractivity contribution is 0.258. The number of aryl methyl sites for hydroxylation is 1. The molecule has 0 aliphatic heterocycles. The van der Waals surface area contributed by atoms with Crippen molar-refractivity contribution in [3.05, 3.63) is 95.6 Å². The molecule has 4 heteroatoms. The van der Waals surface area contributed by atoms with Crippen molar-refractivity contribution < 1.29 is 14.6 Å². The highest BCUT2D eigenvalue weighted by Crippen LogP contribution is 2.30. The fourth-order valence-electron chi connectivity index (χ4n) is 3.04. The van der Waals surface area contributed by atoms with Crippen molar-refractivity contribution in [2.75, 3.05) is 0 Å². The quantitative estimate of drug-likeness (QED) is 0.493. The third-order valence-electron chi connectivity index (χ3n) is 4.52. The first-order valence-electron chi connectivity index (χ1n) is 9.18. The average Bonchev–Trinajstić information content (AvgIpc) is 2.74. The summed E-state index contributed by atoms with van der Waals surface area (Å²) in [6.45, 7) is 2.28. The lowest BCUT2D eigenvalue weighted by Gasteiger charge is -2.13. The van der Waals surface area contributed by atoms with E-state index in [-0.39, 0.29) is 6.61 Å². The van der Waals surface area contributed by atoms with Gasteiger partial charge in [0.05, 0.1) is 12.1 Å². The third kappa shape index (κ3) is 3.97. The number of aliphatic hydroxyl groups excluding tert-OH is 1. The monoisotopic (exact) mass is 371 g/mol. The van der Waals surface area contributed by atoms with E-state index in [4.69, 9.17) is 9.47 Å². The van der Waals surface area contributed by atoms with Crippen LogP contribution < -0.4 is 9.47 Å². The zero-order valence-corrected chi connectivity index (χ0v) is 15.6. The van der Waals surface area contributed by atoms with Gasteiger partial charge in [0.2, 0.25) is 5.88 Å². The molecule has 1 N–H and O–H groups in total. The number of hydrogen-bond acceptors (Lipinski definition) is 4. The Bertz CT molecular complexity index is 1090. The van der Waals surface area contributed by atoms with Crippen molar-refractivity contribution in [2.24, 2.45) is 0 Å². The van der Waals surface area contributed by atoms with Gasteiger partial charge >= 0.3 is 0 Å². The lowest BCUT2D eigenvalue weighted by atomic mass is 10.1. The van der Waals surface area contributed by atoms with Gasteiger partial charge in [-0.1, -0.05) is 48.5 Å². The van der Waals surface area contributed by atoms with Crippen molar-refractivity contribution >= 4 is 10.9 Å². The molecule has 0 radical (unpaired) electrons. The molecular formula is C24H21NO3. The smallest absolute Gasteiger partial charge is 0.222 e. The SMILES string of the molecule is Cc1cc2ccccc2nc1Oc1ccc(OCc2ccccc2)c(CO)c1. The lowest BCUT2D eigenvalue weighted by Crippen LogP contribution is -1.99. The van der Waals surface area contributed by atoms with Gasteiger partial charge in [0, 0.05) is 16.5 Å². The van der Waals surface area contributed by atoms with E-state index < -0.39 is 0 Å². The standard InChI is InChI=1S/C24H21NO3/c1-17-13-19-9-5-6-10-22(19)25-24(17)28-21-11-12-23(20(14-21)15-26)27-16-18-7-3-2-4-8-18/h2-14,26H,15-16H2,1H3. The van der Waals surface area contributed by atoms with E-state index in [0.717, 1.165) is 22.0 Å². The van der Waals surface area contributed by atoms with Gasteiger partial charge in [-0.15, -0.1) is 0 Å². The van der Waals surface area contributed by atoms with Crippen molar-refractivity contribution in [2.45, 2.75) is 20.1 Å². The minimum absolute atomic E-state index is 0.133. The van der Waals surface area contributed by atoms with Crippen LogP contribution in [0.1, 0.15) is 16.7 Å². The molecule has 140 valence electrons. The molecule has 0 bridgehead atoms. The molecule has 3 aromatic carbocycles. The van der Waals surface area contributed by atoms with Crippen LogP contribution in [0.2, 0.25) is 0 Å². The minimum Gasteiger partial charge on any atom is -0.489 e. The Balaban J connectivity index is 1.55. The van der Waals surface area contributed by atoms with Gasteiger partial charge in [0.25, 0.3) is 0 Å². The van der Waals surface area contributed by atoms with Crippen LogP contribution in [0.25, 0.3) is 10.9 Å². The summed E-state index contributed by atoms with van der Waals surface area (Å²) in [5, 5.41) is 10.8. The van der Waals surface area contributed by atoms with Gasteiger partial charge in [0.1, 0.15) is 18.1 Å². The van der Waals surface area contributed by atoms with Crippen LogP contribution >= 0.6 is 0 Å². The van der Waals surface area contributed by atoms with Crippen molar-refractivity contribution in [1.29, 1.82) is 0 Å². The van der Waals surface area contributed by atoms with Gasteiger partial charge in [-0.3, -0.25) is 0 Å². The number of ether oxygens (including phenoxy) is 2. The second kappa shape index (κ2) is 8.11. The first-order chi connectivity index (χ1) is 13.7. The van der Waals surface area contributed by atoms with Crippen LogP contribution in [0.3, 0.4) is 0 Å². The first-order valence-corrected chi connectivity index (χ1v) is 9.18. The summed E-state index contributed by atoms with van der Waals surface area (Å²) >= 11 is 0. The largest absolute Gasteiger partial charge is 0.489 e. The van der Waals surface area contributed by atoms with Crippen LogP contribution in [0, 0.1) is 6.92 Å². The van der Waals surface area contributed by atoms with Gasteiger partial charge < -0.3 is 14.6 Å². The molecule has 0 fully saturated rings. The molecule has 0 saturated carbocycles. The van der Waals surface area contributed by atoms with Gasteiger partial charge in [-0.25, -0.2) is 4.98 Å². The molecule has 0 aliphatic carbocycles. The summed E-state index contributed by atoms with van der Waals surface area (Å²) in [5.41, 5.74) is 3.58. The van der Waals surface area contributed by atoms with E-state index in [2.05, 4.69) is 11.1 Å². The molecule has 4 nitrogen and oxygen atoms in total. The fourth-order valence-corrected chi connectivity index (χ4v) is 3.04. The number of nitrogens with zero attached hydrogens (tertiary/aromatic N) is 1. The van der Waals surface area contributed by atoms with E-state index in [1.54, 1.807) is 6.07 Å². The highest BCUT2D eigenvalue weighted by atomic mass is 16.5. The highest BCUT2D eigenvalue weighted by Gasteiger charge is 2.10. The number of aliphatic hydroxyl groups is 1. The van der Waals surface area contributed by atoms with Crippen molar-refractivity contribution in [3.8, 4) is 17.4 Å². The maximum atomic E-state index is 9.75. The summed E-state index contributed by atoms with van der Waals surface area (Å²) in [5.74, 6) is 1.81.